The first kappa shape index (κ1) is 22.2. The molecule has 0 aromatic heterocycles. The van der Waals surface area contributed by atoms with Crippen LogP contribution in [0.3, 0.4) is 0 Å². The van der Waals surface area contributed by atoms with E-state index in [-0.39, 0.29) is 16.7 Å². The maximum Gasteiger partial charge on any atom is 0.224 e. The molecule has 1 unspecified atom stereocenters. The third kappa shape index (κ3) is 2.82. The summed E-state index contributed by atoms with van der Waals surface area (Å²) in [7, 11) is 7.43. The van der Waals surface area contributed by atoms with Crippen molar-refractivity contribution in [1.82, 2.24) is 0 Å². The fraction of sp³-hybridized carbons (Fsp3) is 0.963. The second kappa shape index (κ2) is 6.95. The van der Waals surface area contributed by atoms with Crippen molar-refractivity contribution >= 4 is 5.91 Å². The van der Waals surface area contributed by atoms with E-state index in [1.165, 1.54) is 86.4 Å². The lowest BCUT2D eigenvalue weighted by atomic mass is 9.39. The summed E-state index contributed by atoms with van der Waals surface area (Å²) < 4.78 is 2.39. The molecule has 3 aliphatic carbocycles. The molecule has 4 nitrogen and oxygen atoms in total. The minimum absolute atomic E-state index is 0.0389. The number of hydrogen-bond acceptors (Lipinski definition) is 1. The Labute approximate surface area is 191 Å². The third-order valence-electron chi connectivity index (χ3n) is 12.7. The number of nitrogens with two attached hydrogens (primary N) is 1. The minimum Gasteiger partial charge on any atom is -0.369 e. The number of hydrogen-bond donors (Lipinski definition) is 1. The fourth-order valence-electron chi connectivity index (χ4n) is 10.3. The summed E-state index contributed by atoms with van der Waals surface area (Å²) in [4.78, 5) is 13.3. The van der Waals surface area contributed by atoms with Gasteiger partial charge in [0.2, 0.25) is 5.91 Å². The Kier molecular flexibility index (Phi) is 4.97. The molecule has 31 heavy (non-hydrogen) atoms. The lowest BCUT2D eigenvalue weighted by Crippen LogP contribution is -2.71. The van der Waals surface area contributed by atoms with Crippen molar-refractivity contribution < 1.29 is 13.8 Å². The van der Waals surface area contributed by atoms with Crippen LogP contribution in [0.1, 0.15) is 84.5 Å². The van der Waals surface area contributed by atoms with E-state index >= 15 is 0 Å². The molecule has 0 radical (unpaired) electrons. The molecule has 0 aromatic carbocycles. The molecular formula is C27H49N3O+2. The van der Waals surface area contributed by atoms with Crippen LogP contribution in [0.2, 0.25) is 0 Å². The van der Waals surface area contributed by atoms with Crippen molar-refractivity contribution in [2.75, 3.05) is 40.8 Å². The predicted octanol–water partition coefficient (Wildman–Crippen LogP) is 4.32. The molecule has 2 N–H and O–H groups in total. The van der Waals surface area contributed by atoms with Crippen LogP contribution >= 0.6 is 0 Å². The van der Waals surface area contributed by atoms with Gasteiger partial charge >= 0.3 is 0 Å². The van der Waals surface area contributed by atoms with Gasteiger partial charge in [-0.1, -0.05) is 6.92 Å². The first-order valence-electron chi connectivity index (χ1n) is 13.5. The smallest absolute Gasteiger partial charge is 0.224 e. The maximum atomic E-state index is 13.3. The number of nitrogens with zero attached hydrogens (tertiary/aromatic N) is 2. The van der Waals surface area contributed by atoms with E-state index in [4.69, 9.17) is 5.73 Å². The predicted molar refractivity (Wildman–Crippen MR) is 126 cm³/mol. The van der Waals surface area contributed by atoms with Gasteiger partial charge in [0.15, 0.2) is 0 Å². The van der Waals surface area contributed by atoms with E-state index < -0.39 is 0 Å². The summed E-state index contributed by atoms with van der Waals surface area (Å²) in [6, 6.07) is 0.638. The van der Waals surface area contributed by atoms with Crippen LogP contribution < -0.4 is 5.73 Å². The van der Waals surface area contributed by atoms with Gasteiger partial charge in [0.1, 0.15) is 0 Å². The van der Waals surface area contributed by atoms with Gasteiger partial charge in [0.05, 0.1) is 57.8 Å². The Morgan fingerprint density at radius 2 is 1.55 bits per heavy atom. The lowest BCUT2D eigenvalue weighted by Gasteiger charge is -2.68. The summed E-state index contributed by atoms with van der Waals surface area (Å²) in [5.41, 5.74) is 6.62. The summed E-state index contributed by atoms with van der Waals surface area (Å²) in [6.07, 6.45) is 14.0. The first-order chi connectivity index (χ1) is 14.5. The number of primary amides is 1. The average Bonchev–Trinajstić information content (AvgIpc) is 3.15. The summed E-state index contributed by atoms with van der Waals surface area (Å²) >= 11 is 0. The molecule has 3 saturated carbocycles. The molecule has 2 heterocycles. The van der Waals surface area contributed by atoms with Crippen LogP contribution in [0.4, 0.5) is 0 Å². The van der Waals surface area contributed by atoms with Crippen LogP contribution in [-0.4, -0.2) is 67.2 Å². The van der Waals surface area contributed by atoms with Crippen molar-refractivity contribution in [3.05, 3.63) is 0 Å². The average molecular weight is 432 g/mol. The normalized spacial score (nSPS) is 50.7. The number of rotatable bonds is 2. The molecule has 7 atom stereocenters. The first-order valence-corrected chi connectivity index (χ1v) is 13.5. The number of carbonyl (C=O) groups excluding carboxylic acids is 1. The monoisotopic (exact) mass is 431 g/mol. The van der Waals surface area contributed by atoms with Gasteiger partial charge in [-0.15, -0.1) is 0 Å². The molecule has 2 saturated heterocycles. The van der Waals surface area contributed by atoms with E-state index in [2.05, 4.69) is 35.0 Å². The molecule has 1 amide bonds. The zero-order chi connectivity index (χ0) is 22.3. The largest absolute Gasteiger partial charge is 0.369 e. The Balaban J connectivity index is 1.48. The third-order valence-corrected chi connectivity index (χ3v) is 12.7. The molecule has 5 rings (SSSR count). The summed E-state index contributed by atoms with van der Waals surface area (Å²) in [5.74, 6) is 2.34. The Morgan fingerprint density at radius 3 is 2.23 bits per heavy atom. The van der Waals surface area contributed by atoms with Crippen molar-refractivity contribution in [2.24, 2.45) is 34.3 Å². The Bertz CT molecular complexity index is 743. The van der Waals surface area contributed by atoms with Crippen LogP contribution in [0.5, 0.6) is 0 Å². The number of quaternary nitrogens is 2. The number of fused-ring (bicyclic) bond motifs is 5. The highest BCUT2D eigenvalue weighted by Gasteiger charge is 2.68. The highest BCUT2D eigenvalue weighted by atomic mass is 16.1. The molecule has 0 bridgehead atoms. The summed E-state index contributed by atoms with van der Waals surface area (Å²) in [6.45, 7) is 9.04. The topological polar surface area (TPSA) is 43.1 Å². The van der Waals surface area contributed by atoms with Gasteiger partial charge in [-0.2, -0.15) is 0 Å². The minimum atomic E-state index is -0.270. The molecule has 5 fully saturated rings. The van der Waals surface area contributed by atoms with Crippen LogP contribution in [0, 0.1) is 28.6 Å². The molecule has 2 aliphatic heterocycles. The Morgan fingerprint density at radius 1 is 0.839 bits per heavy atom. The zero-order valence-electron chi connectivity index (χ0n) is 21.1. The van der Waals surface area contributed by atoms with Crippen molar-refractivity contribution in [2.45, 2.75) is 96.1 Å². The van der Waals surface area contributed by atoms with E-state index in [1.54, 1.807) is 0 Å². The molecule has 0 spiro atoms. The van der Waals surface area contributed by atoms with Crippen molar-refractivity contribution in [3.8, 4) is 0 Å². The standard InChI is InChI=1S/C27H48N3O/c1-25-13-10-20(30(5)17-6-7-18-30)19-27(25,24(28)31)15-11-21-22(25)12-14-26(2)23(21)9-8-16-29(26,3)4/h20-23H,6-19H2,1-5H3,(H-,28,31)/q+1/p+1/t20?,21-,22+,23+,25-,26+,27+/m1/s1. The second-order valence-corrected chi connectivity index (χ2v) is 13.8. The molecule has 5 aliphatic rings. The van der Waals surface area contributed by atoms with E-state index in [0.717, 1.165) is 24.7 Å². The van der Waals surface area contributed by atoms with Crippen LogP contribution in [-0.2, 0) is 4.79 Å². The lowest BCUT2D eigenvalue weighted by molar-refractivity contribution is -0.952. The highest BCUT2D eigenvalue weighted by molar-refractivity contribution is 5.82. The van der Waals surface area contributed by atoms with Gasteiger partial charge < -0.3 is 14.7 Å². The van der Waals surface area contributed by atoms with Gasteiger partial charge in [-0.3, -0.25) is 4.79 Å². The quantitative estimate of drug-likeness (QED) is 0.650. The van der Waals surface area contributed by atoms with Crippen LogP contribution in [0.15, 0.2) is 0 Å². The van der Waals surface area contributed by atoms with Gasteiger partial charge in [0.25, 0.3) is 0 Å². The van der Waals surface area contributed by atoms with E-state index in [1.807, 2.05) is 0 Å². The molecule has 176 valence electrons. The molecule has 4 heteroatoms. The number of amides is 1. The maximum absolute atomic E-state index is 13.3. The van der Waals surface area contributed by atoms with E-state index in [9.17, 15) is 4.79 Å². The zero-order valence-corrected chi connectivity index (χ0v) is 21.1. The van der Waals surface area contributed by atoms with Crippen molar-refractivity contribution in [3.63, 3.8) is 0 Å². The van der Waals surface area contributed by atoms with Gasteiger partial charge in [-0.05, 0) is 62.7 Å². The number of piperidine rings is 1. The SMILES string of the molecule is C[C@]12CC[C@H]3[C@@H](CC[C@@]4(C(N)=O)CC([N+]5(C)CCCC5)CC[C@]34C)[C@@H]1CCC[N+]2(C)C. The Hall–Kier alpha value is -0.610. The van der Waals surface area contributed by atoms with Gasteiger partial charge in [0, 0.05) is 38.0 Å². The molecular weight excluding hydrogens is 382 g/mol. The van der Waals surface area contributed by atoms with Gasteiger partial charge in [-0.25, -0.2) is 0 Å². The second-order valence-electron chi connectivity index (χ2n) is 13.8. The molecule has 0 aromatic rings. The number of likely N-dealkylation sites (tertiary alicyclic amines) is 2. The summed E-state index contributed by atoms with van der Waals surface area (Å²) in [5, 5.41) is 0. The van der Waals surface area contributed by atoms with Crippen LogP contribution in [0.25, 0.3) is 0 Å². The highest BCUT2D eigenvalue weighted by Crippen LogP contribution is 2.69. The van der Waals surface area contributed by atoms with Crippen molar-refractivity contribution in [1.29, 1.82) is 0 Å². The fourth-order valence-corrected chi connectivity index (χ4v) is 10.3. The van der Waals surface area contributed by atoms with E-state index in [0.29, 0.717) is 17.5 Å². The number of carbonyl (C=O) groups is 1.